The second kappa shape index (κ2) is 3.93. The van der Waals surface area contributed by atoms with Crippen LogP contribution in [0.3, 0.4) is 0 Å². The van der Waals surface area contributed by atoms with Crippen molar-refractivity contribution < 1.29 is 6.16 Å². The van der Waals surface area contributed by atoms with Gasteiger partial charge in [0.25, 0.3) is 0 Å². The van der Waals surface area contributed by atoms with Crippen molar-refractivity contribution >= 4 is 22.6 Å². The molecule has 0 amide bonds. The van der Waals surface area contributed by atoms with Gasteiger partial charge >= 0.3 is 0 Å². The van der Waals surface area contributed by atoms with Crippen LogP contribution in [0.4, 0.5) is 5.69 Å². The summed E-state index contributed by atoms with van der Waals surface area (Å²) < 4.78 is 6.27. The van der Waals surface area contributed by atoms with Crippen LogP contribution in [-0.2, 0) is 0 Å². The van der Waals surface area contributed by atoms with Crippen molar-refractivity contribution in [2.45, 2.75) is 35.9 Å². The normalized spacial score (nSPS) is 35.1. The van der Waals surface area contributed by atoms with Crippen molar-refractivity contribution in [3.8, 4) is 5.75 Å². The van der Waals surface area contributed by atoms with Gasteiger partial charge in [0, 0.05) is 24.2 Å². The zero-order valence-electron chi connectivity index (χ0n) is 12.8. The van der Waals surface area contributed by atoms with E-state index in [0.29, 0.717) is 12.0 Å². The van der Waals surface area contributed by atoms with Crippen LogP contribution >= 0.6 is 11.8 Å². The fraction of sp³-hybridized carbons (Fsp3) is 0.316. The summed E-state index contributed by atoms with van der Waals surface area (Å²) in [5.41, 5.74) is 2.68. The third-order valence-electron chi connectivity index (χ3n) is 5.85. The largest absolute Gasteiger partial charge is 0.489 e. The lowest BCUT2D eigenvalue weighted by atomic mass is 9.58. The molecule has 0 bridgehead atoms. The summed E-state index contributed by atoms with van der Waals surface area (Å²) in [6.45, 7) is 2.38. The number of hydrogen-bond donors (Lipinski definition) is 0. The Morgan fingerprint density at radius 1 is 1.22 bits per heavy atom. The minimum absolute atomic E-state index is 0. The number of thioether (sulfide) groups is 1. The molecule has 3 aliphatic heterocycles. The van der Waals surface area contributed by atoms with Crippen molar-refractivity contribution in [3.05, 3.63) is 54.1 Å². The SMILES string of the molecule is CC12CC3Oc4ccccc4C(N=C4Sc5ccccc5N41)C32.[HH]. The summed E-state index contributed by atoms with van der Waals surface area (Å²) in [5.74, 6) is 1.46. The van der Waals surface area contributed by atoms with Crippen LogP contribution in [0.25, 0.3) is 0 Å². The second-order valence-electron chi connectivity index (χ2n) is 7.04. The highest BCUT2D eigenvalue weighted by Crippen LogP contribution is 2.62. The number of anilines is 1. The van der Waals surface area contributed by atoms with Gasteiger partial charge in [0.2, 0.25) is 0 Å². The molecular formula is C19H18N2OS. The third-order valence-corrected chi connectivity index (χ3v) is 6.88. The smallest absolute Gasteiger partial charge is 0.169 e. The van der Waals surface area contributed by atoms with Gasteiger partial charge in [-0.15, -0.1) is 0 Å². The summed E-state index contributed by atoms with van der Waals surface area (Å²) >= 11 is 1.81. The molecule has 6 rings (SSSR count). The Kier molecular flexibility index (Phi) is 2.13. The van der Waals surface area contributed by atoms with E-state index in [9.17, 15) is 0 Å². The number of para-hydroxylation sites is 2. The Hall–Kier alpha value is -1.94. The Balaban J connectivity index is 0.00000131. The van der Waals surface area contributed by atoms with E-state index in [4.69, 9.17) is 9.73 Å². The van der Waals surface area contributed by atoms with Crippen LogP contribution < -0.4 is 9.64 Å². The summed E-state index contributed by atoms with van der Waals surface area (Å²) in [5, 5.41) is 1.16. The van der Waals surface area contributed by atoms with Crippen molar-refractivity contribution in [2.75, 3.05) is 4.90 Å². The molecule has 4 atom stereocenters. The maximum atomic E-state index is 6.27. The quantitative estimate of drug-likeness (QED) is 0.714. The second-order valence-corrected chi connectivity index (χ2v) is 8.05. The third kappa shape index (κ3) is 1.37. The van der Waals surface area contributed by atoms with E-state index in [1.807, 2.05) is 11.8 Å². The minimum Gasteiger partial charge on any atom is -0.489 e. The molecule has 1 aliphatic carbocycles. The molecule has 2 aromatic rings. The molecule has 0 saturated heterocycles. The molecule has 1 saturated carbocycles. The van der Waals surface area contributed by atoms with Crippen LogP contribution in [0.1, 0.15) is 26.4 Å². The molecule has 1 fully saturated rings. The molecule has 0 radical (unpaired) electrons. The van der Waals surface area contributed by atoms with E-state index in [-0.39, 0.29) is 13.0 Å². The highest BCUT2D eigenvalue weighted by Gasteiger charge is 2.65. The van der Waals surface area contributed by atoms with E-state index < -0.39 is 0 Å². The van der Waals surface area contributed by atoms with E-state index in [1.54, 1.807) is 0 Å². The molecule has 4 heteroatoms. The molecule has 3 nitrogen and oxygen atoms in total. The van der Waals surface area contributed by atoms with E-state index in [1.165, 1.54) is 16.1 Å². The average molecular weight is 322 g/mol. The number of ether oxygens (including phenoxy) is 1. The summed E-state index contributed by atoms with van der Waals surface area (Å²) in [6.07, 6.45) is 1.36. The molecular weight excluding hydrogens is 304 g/mol. The molecule has 0 aromatic heterocycles. The van der Waals surface area contributed by atoms with Gasteiger partial charge in [-0.25, -0.2) is 0 Å². The molecule has 0 spiro atoms. The summed E-state index contributed by atoms with van der Waals surface area (Å²) in [7, 11) is 0. The van der Waals surface area contributed by atoms with Crippen LogP contribution in [0.5, 0.6) is 5.75 Å². The van der Waals surface area contributed by atoms with Crippen molar-refractivity contribution in [2.24, 2.45) is 10.9 Å². The van der Waals surface area contributed by atoms with E-state index >= 15 is 0 Å². The first kappa shape index (κ1) is 12.5. The molecule has 2 aromatic carbocycles. The number of fused-ring (bicyclic) bond motifs is 6. The lowest BCUT2D eigenvalue weighted by Crippen LogP contribution is -2.71. The lowest BCUT2D eigenvalue weighted by Gasteiger charge is -2.62. The Morgan fingerprint density at radius 2 is 2.04 bits per heavy atom. The maximum absolute atomic E-state index is 6.27. The number of aliphatic imine (C=N–C) groups is 1. The first-order chi connectivity index (χ1) is 11.3. The van der Waals surface area contributed by atoms with Crippen LogP contribution in [-0.4, -0.2) is 16.8 Å². The predicted octanol–water partition coefficient (Wildman–Crippen LogP) is 4.50. The van der Waals surface area contributed by atoms with Crippen molar-refractivity contribution in [1.82, 2.24) is 0 Å². The molecule has 3 heterocycles. The zero-order chi connectivity index (χ0) is 15.2. The molecule has 23 heavy (non-hydrogen) atoms. The van der Waals surface area contributed by atoms with E-state index in [0.717, 1.165) is 17.3 Å². The van der Waals surface area contributed by atoms with Gasteiger partial charge in [0.05, 0.1) is 17.3 Å². The molecule has 0 N–H and O–H groups in total. The molecule has 116 valence electrons. The standard InChI is InChI=1S/C19H16N2OS.H2/c1-19-10-14-16(19)17(11-6-2-4-8-13(11)22-14)20-18-21(19)12-7-3-5-9-15(12)23-18;/h2-9,14,16-17H,10H2,1H3;1H. The predicted molar refractivity (Wildman–Crippen MR) is 94.4 cm³/mol. The lowest BCUT2D eigenvalue weighted by molar-refractivity contribution is -0.0574. The van der Waals surface area contributed by atoms with Gasteiger partial charge in [-0.2, -0.15) is 0 Å². The maximum Gasteiger partial charge on any atom is 0.169 e. The number of hydrogen-bond acceptors (Lipinski definition) is 4. The first-order valence-corrected chi connectivity index (χ1v) is 8.98. The van der Waals surface area contributed by atoms with Gasteiger partial charge in [-0.1, -0.05) is 30.3 Å². The highest BCUT2D eigenvalue weighted by molar-refractivity contribution is 8.14. The zero-order valence-corrected chi connectivity index (χ0v) is 13.6. The Morgan fingerprint density at radius 3 is 3.00 bits per heavy atom. The molecule has 4 unspecified atom stereocenters. The number of benzene rings is 2. The number of amidine groups is 1. The number of nitrogens with zero attached hydrogens (tertiary/aromatic N) is 2. The van der Waals surface area contributed by atoms with Crippen molar-refractivity contribution in [3.63, 3.8) is 0 Å². The van der Waals surface area contributed by atoms with E-state index in [2.05, 4.69) is 60.4 Å². The summed E-state index contributed by atoms with van der Waals surface area (Å²) in [6, 6.07) is 17.3. The average Bonchev–Trinajstić information content (AvgIpc) is 2.92. The monoisotopic (exact) mass is 322 g/mol. The van der Waals surface area contributed by atoms with Crippen molar-refractivity contribution in [1.29, 1.82) is 0 Å². The van der Waals surface area contributed by atoms with Gasteiger partial charge in [0.15, 0.2) is 5.17 Å². The minimum atomic E-state index is 0. The fourth-order valence-electron chi connectivity index (χ4n) is 4.82. The van der Waals surface area contributed by atoms with Gasteiger partial charge < -0.3 is 9.64 Å². The first-order valence-electron chi connectivity index (χ1n) is 8.16. The van der Waals surface area contributed by atoms with Gasteiger partial charge in [0.1, 0.15) is 11.9 Å². The topological polar surface area (TPSA) is 24.8 Å². The van der Waals surface area contributed by atoms with Crippen LogP contribution in [0.15, 0.2) is 58.4 Å². The fourth-order valence-corrected chi connectivity index (χ4v) is 5.99. The van der Waals surface area contributed by atoms with Gasteiger partial charge in [-0.3, -0.25) is 4.99 Å². The van der Waals surface area contributed by atoms with Crippen LogP contribution in [0.2, 0.25) is 0 Å². The Bertz CT molecular complexity index is 885. The summed E-state index contributed by atoms with van der Waals surface area (Å²) in [4.78, 5) is 8.97. The van der Waals surface area contributed by atoms with Crippen LogP contribution in [0, 0.1) is 5.92 Å². The number of rotatable bonds is 0. The van der Waals surface area contributed by atoms with Gasteiger partial charge in [-0.05, 0) is 36.9 Å². The Labute approximate surface area is 140 Å². The highest BCUT2D eigenvalue weighted by atomic mass is 32.2. The molecule has 4 aliphatic rings.